The van der Waals surface area contributed by atoms with Crippen LogP contribution in [0.25, 0.3) is 11.4 Å². The molecular formula is C10H11ClN4O2S. The van der Waals surface area contributed by atoms with E-state index in [2.05, 4.69) is 15.2 Å². The molecule has 2 heterocycles. The third-order valence-electron chi connectivity index (χ3n) is 2.50. The van der Waals surface area contributed by atoms with Gasteiger partial charge in [0, 0.05) is 34.7 Å². The van der Waals surface area contributed by atoms with Gasteiger partial charge in [-0.05, 0) is 26.0 Å². The van der Waals surface area contributed by atoms with Gasteiger partial charge in [-0.1, -0.05) is 0 Å². The predicted octanol–water partition coefficient (Wildman–Crippen LogP) is 1.60. The molecule has 2 aromatic heterocycles. The molecule has 0 N–H and O–H groups in total. The van der Waals surface area contributed by atoms with Crippen LogP contribution in [0.3, 0.4) is 0 Å². The van der Waals surface area contributed by atoms with Crippen molar-refractivity contribution in [3.05, 3.63) is 24.0 Å². The molecule has 0 aliphatic heterocycles. The molecule has 0 bridgehead atoms. The van der Waals surface area contributed by atoms with Crippen LogP contribution in [-0.4, -0.2) is 28.2 Å². The zero-order valence-corrected chi connectivity index (χ0v) is 11.4. The molecule has 0 unspecified atom stereocenters. The van der Waals surface area contributed by atoms with Crippen molar-refractivity contribution in [3.8, 4) is 11.4 Å². The second-order valence-corrected chi connectivity index (χ2v) is 6.08. The summed E-state index contributed by atoms with van der Waals surface area (Å²) in [6.45, 7) is 4.01. The molecule has 0 aliphatic rings. The van der Waals surface area contributed by atoms with E-state index >= 15 is 0 Å². The highest BCUT2D eigenvalue weighted by Crippen LogP contribution is 2.23. The van der Waals surface area contributed by atoms with Crippen molar-refractivity contribution in [2.45, 2.75) is 25.5 Å². The summed E-state index contributed by atoms with van der Waals surface area (Å²) in [5, 5.41) is 7.29. The molecule has 96 valence electrons. The fourth-order valence-corrected chi connectivity index (χ4v) is 2.63. The first kappa shape index (κ1) is 13.0. The van der Waals surface area contributed by atoms with Crippen molar-refractivity contribution < 1.29 is 8.42 Å². The van der Waals surface area contributed by atoms with Gasteiger partial charge in [0.15, 0.2) is 5.82 Å². The SMILES string of the molecule is CCn1c(-c2cccnc2C)nnc1S(=O)(=O)Cl. The fraction of sp³-hybridized carbons (Fsp3) is 0.300. The standard InChI is InChI=1S/C10H11ClN4O2S/c1-3-15-9(8-5-4-6-12-7(8)2)13-14-10(15)18(11,16)17/h4-6H,3H2,1-2H3. The van der Waals surface area contributed by atoms with Gasteiger partial charge < -0.3 is 0 Å². The lowest BCUT2D eigenvalue weighted by Crippen LogP contribution is -2.06. The van der Waals surface area contributed by atoms with E-state index in [0.717, 1.165) is 11.3 Å². The number of hydrogen-bond acceptors (Lipinski definition) is 5. The molecule has 0 amide bonds. The van der Waals surface area contributed by atoms with Gasteiger partial charge in [0.2, 0.25) is 0 Å². The van der Waals surface area contributed by atoms with Gasteiger partial charge in [-0.15, -0.1) is 10.2 Å². The lowest BCUT2D eigenvalue weighted by atomic mass is 10.2. The van der Waals surface area contributed by atoms with Crippen molar-refractivity contribution in [3.63, 3.8) is 0 Å². The highest BCUT2D eigenvalue weighted by atomic mass is 35.7. The van der Waals surface area contributed by atoms with E-state index in [9.17, 15) is 8.42 Å². The topological polar surface area (TPSA) is 77.7 Å². The van der Waals surface area contributed by atoms with Gasteiger partial charge in [0.1, 0.15) is 0 Å². The van der Waals surface area contributed by atoms with Crippen LogP contribution in [0.15, 0.2) is 23.5 Å². The Morgan fingerprint density at radius 2 is 2.11 bits per heavy atom. The second kappa shape index (κ2) is 4.66. The molecule has 18 heavy (non-hydrogen) atoms. The van der Waals surface area contributed by atoms with Crippen LogP contribution in [0.2, 0.25) is 0 Å². The Hall–Kier alpha value is -1.47. The Bertz CT molecular complexity index is 681. The van der Waals surface area contributed by atoms with Crippen molar-refractivity contribution in [1.82, 2.24) is 19.7 Å². The summed E-state index contributed by atoms with van der Waals surface area (Å²) in [7, 11) is 1.41. The van der Waals surface area contributed by atoms with Gasteiger partial charge >= 0.3 is 0 Å². The zero-order chi connectivity index (χ0) is 13.3. The van der Waals surface area contributed by atoms with Crippen LogP contribution in [0.4, 0.5) is 0 Å². The van der Waals surface area contributed by atoms with Gasteiger partial charge in [0.25, 0.3) is 14.2 Å². The first-order chi connectivity index (χ1) is 8.45. The minimum Gasteiger partial charge on any atom is -0.297 e. The molecule has 0 fully saturated rings. The lowest BCUT2D eigenvalue weighted by molar-refractivity contribution is 0.582. The van der Waals surface area contributed by atoms with E-state index in [1.807, 2.05) is 13.0 Å². The molecule has 8 heteroatoms. The van der Waals surface area contributed by atoms with E-state index in [4.69, 9.17) is 10.7 Å². The van der Waals surface area contributed by atoms with Crippen molar-refractivity contribution in [2.24, 2.45) is 0 Å². The molecule has 0 radical (unpaired) electrons. The van der Waals surface area contributed by atoms with Crippen molar-refractivity contribution in [1.29, 1.82) is 0 Å². The molecule has 0 aliphatic carbocycles. The highest BCUT2D eigenvalue weighted by Gasteiger charge is 2.23. The van der Waals surface area contributed by atoms with E-state index in [-0.39, 0.29) is 5.16 Å². The number of rotatable bonds is 3. The summed E-state index contributed by atoms with van der Waals surface area (Å²) in [6, 6.07) is 3.56. The summed E-state index contributed by atoms with van der Waals surface area (Å²) >= 11 is 0. The molecule has 6 nitrogen and oxygen atoms in total. The molecule has 0 saturated carbocycles. The Balaban J connectivity index is 2.68. The Labute approximate surface area is 109 Å². The summed E-state index contributed by atoms with van der Waals surface area (Å²) < 4.78 is 24.2. The molecule has 2 rings (SSSR count). The predicted molar refractivity (Wildman–Crippen MR) is 66.7 cm³/mol. The largest absolute Gasteiger partial charge is 0.297 e. The second-order valence-electron chi connectivity index (χ2n) is 3.62. The van der Waals surface area contributed by atoms with Crippen LogP contribution >= 0.6 is 10.7 Å². The smallest absolute Gasteiger partial charge is 0.296 e. The Morgan fingerprint density at radius 3 is 2.67 bits per heavy atom. The minimum atomic E-state index is -3.90. The third-order valence-corrected chi connectivity index (χ3v) is 3.65. The molecule has 0 spiro atoms. The van der Waals surface area contributed by atoms with Crippen molar-refractivity contribution >= 4 is 19.7 Å². The van der Waals surface area contributed by atoms with Crippen LogP contribution in [0.5, 0.6) is 0 Å². The fourth-order valence-electron chi connectivity index (χ4n) is 1.67. The summed E-state index contributed by atoms with van der Waals surface area (Å²) in [6.07, 6.45) is 1.66. The van der Waals surface area contributed by atoms with E-state index in [0.29, 0.717) is 12.4 Å². The highest BCUT2D eigenvalue weighted by molar-refractivity contribution is 8.13. The number of halogens is 1. The van der Waals surface area contributed by atoms with Gasteiger partial charge in [-0.25, -0.2) is 8.42 Å². The van der Waals surface area contributed by atoms with Crippen LogP contribution < -0.4 is 0 Å². The summed E-state index contributed by atoms with van der Waals surface area (Å²) in [5.41, 5.74) is 1.48. The van der Waals surface area contributed by atoms with E-state index in [1.54, 1.807) is 19.2 Å². The van der Waals surface area contributed by atoms with Gasteiger partial charge in [-0.3, -0.25) is 9.55 Å². The van der Waals surface area contributed by atoms with Crippen LogP contribution in [0, 0.1) is 6.92 Å². The summed E-state index contributed by atoms with van der Waals surface area (Å²) in [5.74, 6) is 0.447. The maximum Gasteiger partial charge on any atom is 0.296 e. The zero-order valence-electron chi connectivity index (χ0n) is 9.83. The third kappa shape index (κ3) is 2.23. The number of hydrogen-bond donors (Lipinski definition) is 0. The minimum absolute atomic E-state index is 0.245. The van der Waals surface area contributed by atoms with Gasteiger partial charge in [0.05, 0.1) is 0 Å². The number of aromatic nitrogens is 4. The number of pyridine rings is 1. The maximum absolute atomic E-state index is 11.4. The molecular weight excluding hydrogens is 276 g/mol. The van der Waals surface area contributed by atoms with E-state index < -0.39 is 9.05 Å². The Kier molecular flexibility index (Phi) is 3.36. The normalized spacial score (nSPS) is 11.7. The average molecular weight is 287 g/mol. The number of nitrogens with zero attached hydrogens (tertiary/aromatic N) is 4. The van der Waals surface area contributed by atoms with Crippen LogP contribution in [-0.2, 0) is 15.6 Å². The molecule has 2 aromatic rings. The number of aryl methyl sites for hydroxylation is 1. The average Bonchev–Trinajstić information content (AvgIpc) is 2.72. The monoisotopic (exact) mass is 286 g/mol. The molecule has 0 aromatic carbocycles. The van der Waals surface area contributed by atoms with Crippen LogP contribution in [0.1, 0.15) is 12.6 Å². The summed E-state index contributed by atoms with van der Waals surface area (Å²) in [4.78, 5) is 4.14. The van der Waals surface area contributed by atoms with Crippen molar-refractivity contribution in [2.75, 3.05) is 0 Å². The Morgan fingerprint density at radius 1 is 1.39 bits per heavy atom. The molecule has 0 atom stereocenters. The first-order valence-corrected chi connectivity index (χ1v) is 7.56. The van der Waals surface area contributed by atoms with Gasteiger partial charge in [-0.2, -0.15) is 0 Å². The maximum atomic E-state index is 11.4. The van der Waals surface area contributed by atoms with E-state index in [1.165, 1.54) is 4.57 Å². The quantitative estimate of drug-likeness (QED) is 0.801. The first-order valence-electron chi connectivity index (χ1n) is 5.25. The molecule has 0 saturated heterocycles. The lowest BCUT2D eigenvalue weighted by Gasteiger charge is -2.07.